The minimum absolute atomic E-state index is 0.243. The minimum Gasteiger partial charge on any atom is -0.481 e. The fraction of sp³-hybridized carbons (Fsp3) is 0.462. The van der Waals surface area contributed by atoms with Crippen LogP contribution in [0.25, 0.3) is 0 Å². The molecule has 0 fully saturated rings. The summed E-state index contributed by atoms with van der Waals surface area (Å²) in [7, 11) is 1.52. The first-order valence-corrected chi connectivity index (χ1v) is 6.21. The lowest BCUT2D eigenvalue weighted by molar-refractivity contribution is -0.121. The third kappa shape index (κ3) is 4.95. The normalized spacial score (nSPS) is 11.5. The van der Waals surface area contributed by atoms with Gasteiger partial charge in [0.2, 0.25) is 18.2 Å². The molecular weight excluding hydrogens is 246 g/mol. The summed E-state index contributed by atoms with van der Waals surface area (Å²) < 4.78 is 4.93. The molecule has 104 valence electrons. The Kier molecular flexibility index (Phi) is 6.35. The molecule has 1 aromatic rings. The Morgan fingerprint density at radius 2 is 2.32 bits per heavy atom. The molecule has 0 aliphatic heterocycles. The van der Waals surface area contributed by atoms with Crippen molar-refractivity contribution in [3.8, 4) is 5.88 Å². The van der Waals surface area contributed by atoms with E-state index in [1.165, 1.54) is 13.3 Å². The first kappa shape index (κ1) is 14.9. The molecule has 1 heterocycles. The van der Waals surface area contributed by atoms with Crippen molar-refractivity contribution >= 4 is 18.0 Å². The van der Waals surface area contributed by atoms with Crippen molar-refractivity contribution in [2.24, 2.45) is 0 Å². The number of unbranched alkanes of at least 4 members (excludes halogenated alkanes) is 1. The summed E-state index contributed by atoms with van der Waals surface area (Å²) in [5, 5.41) is 5.23. The van der Waals surface area contributed by atoms with Gasteiger partial charge in [0.1, 0.15) is 6.04 Å². The molecule has 1 unspecified atom stereocenters. The SMILES string of the molecule is CCCCC(NC=O)C(=O)Nc1ccc(OC)nc1. The fourth-order valence-electron chi connectivity index (χ4n) is 1.58. The van der Waals surface area contributed by atoms with Gasteiger partial charge in [-0.2, -0.15) is 0 Å². The molecular formula is C13H19N3O3. The topological polar surface area (TPSA) is 80.3 Å². The molecule has 0 aliphatic carbocycles. The van der Waals surface area contributed by atoms with E-state index >= 15 is 0 Å². The van der Waals surface area contributed by atoms with E-state index in [1.54, 1.807) is 12.1 Å². The van der Waals surface area contributed by atoms with E-state index < -0.39 is 6.04 Å². The van der Waals surface area contributed by atoms with Gasteiger partial charge in [0.25, 0.3) is 0 Å². The van der Waals surface area contributed by atoms with Crippen molar-refractivity contribution in [1.29, 1.82) is 0 Å². The molecule has 1 atom stereocenters. The predicted molar refractivity (Wildman–Crippen MR) is 71.9 cm³/mol. The lowest BCUT2D eigenvalue weighted by Gasteiger charge is -2.15. The van der Waals surface area contributed by atoms with Crippen LogP contribution in [0, 0.1) is 0 Å². The summed E-state index contributed by atoms with van der Waals surface area (Å²) in [6.45, 7) is 2.03. The fourth-order valence-corrected chi connectivity index (χ4v) is 1.58. The molecule has 0 saturated heterocycles. The summed E-state index contributed by atoms with van der Waals surface area (Å²) in [5.74, 6) is 0.235. The average molecular weight is 265 g/mol. The second-order valence-corrected chi connectivity index (χ2v) is 4.06. The molecule has 1 rings (SSSR count). The Hall–Kier alpha value is -2.11. The number of amides is 2. The Morgan fingerprint density at radius 3 is 2.84 bits per heavy atom. The number of methoxy groups -OCH3 is 1. The van der Waals surface area contributed by atoms with Crippen molar-refractivity contribution in [1.82, 2.24) is 10.3 Å². The van der Waals surface area contributed by atoms with Crippen LogP contribution in [-0.4, -0.2) is 30.5 Å². The van der Waals surface area contributed by atoms with Gasteiger partial charge < -0.3 is 15.4 Å². The second-order valence-electron chi connectivity index (χ2n) is 4.06. The molecule has 0 saturated carbocycles. The number of rotatable bonds is 8. The Morgan fingerprint density at radius 1 is 1.53 bits per heavy atom. The quantitative estimate of drug-likeness (QED) is 0.695. The number of nitrogens with zero attached hydrogens (tertiary/aromatic N) is 1. The van der Waals surface area contributed by atoms with Crippen molar-refractivity contribution < 1.29 is 14.3 Å². The van der Waals surface area contributed by atoms with Gasteiger partial charge in [-0.1, -0.05) is 19.8 Å². The number of pyridine rings is 1. The van der Waals surface area contributed by atoms with Crippen LogP contribution in [0.5, 0.6) is 5.88 Å². The Labute approximate surface area is 112 Å². The van der Waals surface area contributed by atoms with Crippen LogP contribution in [-0.2, 0) is 9.59 Å². The van der Waals surface area contributed by atoms with Gasteiger partial charge >= 0.3 is 0 Å². The average Bonchev–Trinajstić information content (AvgIpc) is 2.44. The number of anilines is 1. The van der Waals surface area contributed by atoms with E-state index in [0.29, 0.717) is 24.4 Å². The van der Waals surface area contributed by atoms with Crippen LogP contribution >= 0.6 is 0 Å². The maximum atomic E-state index is 12.0. The lowest BCUT2D eigenvalue weighted by atomic mass is 10.1. The van der Waals surface area contributed by atoms with Crippen molar-refractivity contribution in [2.75, 3.05) is 12.4 Å². The van der Waals surface area contributed by atoms with Crippen molar-refractivity contribution in [2.45, 2.75) is 32.2 Å². The summed E-state index contributed by atoms with van der Waals surface area (Å²) in [4.78, 5) is 26.5. The first-order valence-electron chi connectivity index (χ1n) is 6.21. The van der Waals surface area contributed by atoms with Gasteiger partial charge in [0.15, 0.2) is 0 Å². The second kappa shape index (κ2) is 8.07. The number of carbonyl (C=O) groups is 2. The monoisotopic (exact) mass is 265 g/mol. The summed E-state index contributed by atoms with van der Waals surface area (Å²) in [5.41, 5.74) is 0.569. The Balaban J connectivity index is 2.60. The van der Waals surface area contributed by atoms with Gasteiger partial charge in [-0.25, -0.2) is 4.98 Å². The van der Waals surface area contributed by atoms with Gasteiger partial charge in [0.05, 0.1) is 19.0 Å². The van der Waals surface area contributed by atoms with Gasteiger partial charge in [-0.3, -0.25) is 9.59 Å². The van der Waals surface area contributed by atoms with Crippen LogP contribution in [0.4, 0.5) is 5.69 Å². The molecule has 19 heavy (non-hydrogen) atoms. The first-order chi connectivity index (χ1) is 9.21. The smallest absolute Gasteiger partial charge is 0.246 e. The lowest BCUT2D eigenvalue weighted by Crippen LogP contribution is -2.39. The Bertz CT molecular complexity index is 406. The highest BCUT2D eigenvalue weighted by atomic mass is 16.5. The zero-order valence-electron chi connectivity index (χ0n) is 11.2. The van der Waals surface area contributed by atoms with E-state index in [2.05, 4.69) is 15.6 Å². The third-order valence-electron chi connectivity index (χ3n) is 2.65. The molecule has 1 aromatic heterocycles. The number of hydrogen-bond acceptors (Lipinski definition) is 4. The van der Waals surface area contributed by atoms with Crippen molar-refractivity contribution in [3.63, 3.8) is 0 Å². The number of nitrogens with one attached hydrogen (secondary N) is 2. The molecule has 2 amide bonds. The largest absolute Gasteiger partial charge is 0.481 e. The molecule has 0 radical (unpaired) electrons. The van der Waals surface area contributed by atoms with E-state index in [1.807, 2.05) is 6.92 Å². The van der Waals surface area contributed by atoms with Gasteiger partial charge in [-0.05, 0) is 12.5 Å². The minimum atomic E-state index is -0.514. The molecule has 0 spiro atoms. The predicted octanol–water partition coefficient (Wildman–Crippen LogP) is 1.33. The van der Waals surface area contributed by atoms with Crippen molar-refractivity contribution in [3.05, 3.63) is 18.3 Å². The van der Waals surface area contributed by atoms with Crippen LogP contribution in [0.2, 0.25) is 0 Å². The van der Waals surface area contributed by atoms with Crippen LogP contribution in [0.1, 0.15) is 26.2 Å². The van der Waals surface area contributed by atoms with Crippen LogP contribution in [0.15, 0.2) is 18.3 Å². The molecule has 2 N–H and O–H groups in total. The summed E-state index contributed by atoms with van der Waals surface area (Å²) in [6, 6.07) is 2.84. The highest BCUT2D eigenvalue weighted by molar-refractivity contribution is 5.95. The highest BCUT2D eigenvalue weighted by Gasteiger charge is 2.16. The zero-order chi connectivity index (χ0) is 14.1. The molecule has 0 aromatic carbocycles. The molecule has 0 bridgehead atoms. The maximum Gasteiger partial charge on any atom is 0.246 e. The highest BCUT2D eigenvalue weighted by Crippen LogP contribution is 2.12. The van der Waals surface area contributed by atoms with E-state index in [0.717, 1.165) is 12.8 Å². The van der Waals surface area contributed by atoms with Gasteiger partial charge in [-0.15, -0.1) is 0 Å². The van der Waals surface area contributed by atoms with Crippen LogP contribution < -0.4 is 15.4 Å². The number of ether oxygens (including phenoxy) is 1. The number of hydrogen-bond donors (Lipinski definition) is 2. The molecule has 6 nitrogen and oxygen atoms in total. The maximum absolute atomic E-state index is 12.0. The van der Waals surface area contributed by atoms with E-state index in [-0.39, 0.29) is 5.91 Å². The van der Waals surface area contributed by atoms with E-state index in [9.17, 15) is 9.59 Å². The van der Waals surface area contributed by atoms with Crippen LogP contribution in [0.3, 0.4) is 0 Å². The third-order valence-corrected chi connectivity index (χ3v) is 2.65. The standard InChI is InChI=1S/C13H19N3O3/c1-3-4-5-11(15-9-17)13(18)16-10-6-7-12(19-2)14-8-10/h6-9,11H,3-5H2,1-2H3,(H,15,17)(H,16,18). The molecule has 0 aliphatic rings. The van der Waals surface area contributed by atoms with Gasteiger partial charge in [0, 0.05) is 6.07 Å². The summed E-state index contributed by atoms with van der Waals surface area (Å²) >= 11 is 0. The number of carbonyl (C=O) groups excluding carboxylic acids is 2. The van der Waals surface area contributed by atoms with E-state index in [4.69, 9.17) is 4.74 Å². The molecule has 6 heteroatoms. The zero-order valence-corrected chi connectivity index (χ0v) is 11.2. The summed E-state index contributed by atoms with van der Waals surface area (Å²) in [6.07, 6.45) is 4.51. The number of aromatic nitrogens is 1.